The molecule has 0 aromatic heterocycles. The van der Waals surface area contributed by atoms with Crippen LogP contribution in [0.5, 0.6) is 0 Å². The molecule has 0 bridgehead atoms. The predicted octanol–water partition coefficient (Wildman–Crippen LogP) is 1.10. The maximum atomic E-state index is 11.5. The van der Waals surface area contributed by atoms with Gasteiger partial charge in [0.05, 0.1) is 6.54 Å². The Bertz CT molecular complexity index is 224. The summed E-state index contributed by atoms with van der Waals surface area (Å²) >= 11 is 0. The summed E-state index contributed by atoms with van der Waals surface area (Å²) in [5.41, 5.74) is 5.28. The Hall–Kier alpha value is -0.770. The predicted molar refractivity (Wildman–Crippen MR) is 52.9 cm³/mol. The van der Waals surface area contributed by atoms with Crippen molar-refractivity contribution in [3.05, 3.63) is 0 Å². The molecule has 2 rings (SSSR count). The molecule has 1 spiro atoms. The zero-order valence-electron chi connectivity index (χ0n) is 8.50. The minimum absolute atomic E-state index is 0.133. The van der Waals surface area contributed by atoms with Gasteiger partial charge in [-0.25, -0.2) is 4.79 Å². The number of hydrogen-bond donors (Lipinski definition) is 1. The van der Waals surface area contributed by atoms with Crippen LogP contribution in [-0.4, -0.2) is 36.2 Å². The summed E-state index contributed by atoms with van der Waals surface area (Å²) in [4.78, 5) is 13.3. The molecule has 0 radical (unpaired) electrons. The smallest absolute Gasteiger partial charge is 0.410 e. The van der Waals surface area contributed by atoms with Crippen molar-refractivity contribution < 1.29 is 9.53 Å². The van der Waals surface area contributed by atoms with E-state index in [0.29, 0.717) is 6.54 Å². The summed E-state index contributed by atoms with van der Waals surface area (Å²) in [6.07, 6.45) is 5.19. The largest absolute Gasteiger partial charge is 0.441 e. The van der Waals surface area contributed by atoms with Gasteiger partial charge in [-0.3, -0.25) is 0 Å². The Morgan fingerprint density at radius 1 is 1.43 bits per heavy atom. The van der Waals surface area contributed by atoms with Crippen molar-refractivity contribution in [3.8, 4) is 0 Å². The van der Waals surface area contributed by atoms with E-state index in [1.54, 1.807) is 4.90 Å². The normalized spacial score (nSPS) is 24.6. The van der Waals surface area contributed by atoms with Gasteiger partial charge < -0.3 is 15.4 Å². The van der Waals surface area contributed by atoms with Crippen molar-refractivity contribution in [2.24, 2.45) is 5.73 Å². The first-order valence-corrected chi connectivity index (χ1v) is 5.44. The highest BCUT2D eigenvalue weighted by Crippen LogP contribution is 2.38. The minimum atomic E-state index is -0.139. The number of carbonyl (C=O) groups is 1. The number of nitrogens with zero attached hydrogens (tertiary/aromatic N) is 1. The molecule has 2 N–H and O–H groups in total. The molecule has 0 aromatic carbocycles. The monoisotopic (exact) mass is 198 g/mol. The molecule has 1 aliphatic heterocycles. The first-order chi connectivity index (χ1) is 6.76. The van der Waals surface area contributed by atoms with Crippen molar-refractivity contribution in [3.63, 3.8) is 0 Å². The average molecular weight is 198 g/mol. The lowest BCUT2D eigenvalue weighted by Gasteiger charge is -2.19. The fraction of sp³-hybridized carbons (Fsp3) is 0.900. The summed E-state index contributed by atoms with van der Waals surface area (Å²) in [5, 5.41) is 0. The molecule has 1 saturated heterocycles. The molecule has 14 heavy (non-hydrogen) atoms. The van der Waals surface area contributed by atoms with Gasteiger partial charge in [-0.2, -0.15) is 0 Å². The molecule has 0 aromatic rings. The Balaban J connectivity index is 1.92. The van der Waals surface area contributed by atoms with Crippen LogP contribution in [0.1, 0.15) is 32.1 Å². The van der Waals surface area contributed by atoms with Gasteiger partial charge in [0.2, 0.25) is 0 Å². The van der Waals surface area contributed by atoms with E-state index < -0.39 is 0 Å². The molecule has 1 aliphatic carbocycles. The van der Waals surface area contributed by atoms with E-state index in [0.717, 1.165) is 32.4 Å². The zero-order chi connectivity index (χ0) is 10.0. The average Bonchev–Trinajstić information content (AvgIpc) is 2.72. The number of ether oxygens (including phenoxy) is 1. The lowest BCUT2D eigenvalue weighted by molar-refractivity contribution is 0.0627. The van der Waals surface area contributed by atoms with Crippen molar-refractivity contribution in [2.75, 3.05) is 19.6 Å². The van der Waals surface area contributed by atoms with E-state index in [9.17, 15) is 4.79 Å². The van der Waals surface area contributed by atoms with Crippen LogP contribution in [0.2, 0.25) is 0 Å². The molecule has 1 saturated carbocycles. The first-order valence-electron chi connectivity index (χ1n) is 5.44. The van der Waals surface area contributed by atoms with Crippen LogP contribution in [0.4, 0.5) is 4.79 Å². The third-order valence-electron chi connectivity index (χ3n) is 3.19. The Labute approximate surface area is 84.4 Å². The fourth-order valence-electron chi connectivity index (χ4n) is 2.43. The van der Waals surface area contributed by atoms with Crippen LogP contribution < -0.4 is 5.73 Å². The highest BCUT2D eigenvalue weighted by molar-refractivity contribution is 5.70. The maximum Gasteiger partial charge on any atom is 0.410 e. The SMILES string of the molecule is NCCCN1CC2(CCCC2)OC1=O. The van der Waals surface area contributed by atoms with Crippen LogP contribution in [0.3, 0.4) is 0 Å². The molecule has 2 aliphatic rings. The summed E-state index contributed by atoms with van der Waals surface area (Å²) in [6.45, 7) is 2.17. The number of nitrogens with two attached hydrogens (primary N) is 1. The molecule has 4 nitrogen and oxygen atoms in total. The van der Waals surface area contributed by atoms with Crippen LogP contribution in [0.15, 0.2) is 0 Å². The quantitative estimate of drug-likeness (QED) is 0.738. The van der Waals surface area contributed by atoms with Crippen molar-refractivity contribution in [1.82, 2.24) is 4.90 Å². The number of carbonyl (C=O) groups excluding carboxylic acids is 1. The van der Waals surface area contributed by atoms with Gasteiger partial charge in [-0.15, -0.1) is 0 Å². The fourth-order valence-corrected chi connectivity index (χ4v) is 2.43. The van der Waals surface area contributed by atoms with Gasteiger partial charge in [-0.05, 0) is 38.6 Å². The lowest BCUT2D eigenvalue weighted by atomic mass is 10.0. The highest BCUT2D eigenvalue weighted by atomic mass is 16.6. The third kappa shape index (κ3) is 1.71. The van der Waals surface area contributed by atoms with E-state index in [-0.39, 0.29) is 11.7 Å². The van der Waals surface area contributed by atoms with Gasteiger partial charge in [0.15, 0.2) is 0 Å². The molecule has 1 amide bonds. The van der Waals surface area contributed by atoms with E-state index in [2.05, 4.69) is 0 Å². The second kappa shape index (κ2) is 3.77. The Morgan fingerprint density at radius 2 is 2.14 bits per heavy atom. The van der Waals surface area contributed by atoms with Crippen molar-refractivity contribution in [2.45, 2.75) is 37.7 Å². The number of amides is 1. The topological polar surface area (TPSA) is 55.6 Å². The molecule has 0 atom stereocenters. The van der Waals surface area contributed by atoms with Crippen LogP contribution in [0.25, 0.3) is 0 Å². The summed E-state index contributed by atoms with van der Waals surface area (Å²) in [5.74, 6) is 0. The summed E-state index contributed by atoms with van der Waals surface area (Å²) in [7, 11) is 0. The van der Waals surface area contributed by atoms with E-state index in [4.69, 9.17) is 10.5 Å². The van der Waals surface area contributed by atoms with Gasteiger partial charge in [-0.1, -0.05) is 0 Å². The van der Waals surface area contributed by atoms with Crippen LogP contribution in [0, 0.1) is 0 Å². The Kier molecular flexibility index (Phi) is 2.63. The van der Waals surface area contributed by atoms with Gasteiger partial charge >= 0.3 is 6.09 Å². The van der Waals surface area contributed by atoms with Crippen LogP contribution in [-0.2, 0) is 4.74 Å². The van der Waals surface area contributed by atoms with Crippen LogP contribution >= 0.6 is 0 Å². The molecule has 1 heterocycles. The summed E-state index contributed by atoms with van der Waals surface area (Å²) in [6, 6.07) is 0. The highest BCUT2D eigenvalue weighted by Gasteiger charge is 2.46. The molecular formula is C10H18N2O2. The third-order valence-corrected chi connectivity index (χ3v) is 3.19. The maximum absolute atomic E-state index is 11.5. The van der Waals surface area contributed by atoms with Gasteiger partial charge in [0.25, 0.3) is 0 Å². The summed E-state index contributed by atoms with van der Waals surface area (Å²) < 4.78 is 5.47. The number of hydrogen-bond acceptors (Lipinski definition) is 3. The second-order valence-electron chi connectivity index (χ2n) is 4.32. The standard InChI is InChI=1S/C10H18N2O2/c11-6-3-7-12-8-10(14-9(12)13)4-1-2-5-10/h1-8,11H2. The molecule has 4 heteroatoms. The van der Waals surface area contributed by atoms with E-state index >= 15 is 0 Å². The van der Waals surface area contributed by atoms with Gasteiger partial charge in [0.1, 0.15) is 5.60 Å². The molecule has 80 valence electrons. The molecule has 0 unspecified atom stereocenters. The Morgan fingerprint density at radius 3 is 2.79 bits per heavy atom. The molecule has 2 fully saturated rings. The molecular weight excluding hydrogens is 180 g/mol. The van der Waals surface area contributed by atoms with Crippen molar-refractivity contribution in [1.29, 1.82) is 0 Å². The zero-order valence-corrected chi connectivity index (χ0v) is 8.50. The van der Waals surface area contributed by atoms with Gasteiger partial charge in [0, 0.05) is 6.54 Å². The lowest BCUT2D eigenvalue weighted by Crippen LogP contribution is -2.32. The van der Waals surface area contributed by atoms with E-state index in [1.165, 1.54) is 12.8 Å². The number of rotatable bonds is 3. The minimum Gasteiger partial charge on any atom is -0.441 e. The van der Waals surface area contributed by atoms with E-state index in [1.807, 2.05) is 0 Å². The second-order valence-corrected chi connectivity index (χ2v) is 4.32. The first kappa shape index (κ1) is 9.77. The van der Waals surface area contributed by atoms with Crippen molar-refractivity contribution >= 4 is 6.09 Å².